The first-order valence-corrected chi connectivity index (χ1v) is 6.18. The third-order valence-electron chi connectivity index (χ3n) is 2.97. The molecule has 2 atom stereocenters. The minimum atomic E-state index is -0.0572. The Labute approximate surface area is 92.6 Å². The lowest BCUT2D eigenvalue weighted by molar-refractivity contribution is -0.143. The Kier molecular flexibility index (Phi) is 5.69. The lowest BCUT2D eigenvalue weighted by atomic mass is 10.1. The van der Waals surface area contributed by atoms with Gasteiger partial charge < -0.3 is 10.1 Å². The van der Waals surface area contributed by atoms with Gasteiger partial charge in [-0.1, -0.05) is 13.3 Å². The van der Waals surface area contributed by atoms with Crippen molar-refractivity contribution in [3.05, 3.63) is 0 Å². The molecule has 0 aromatic carbocycles. The van der Waals surface area contributed by atoms with Crippen molar-refractivity contribution in [2.45, 2.75) is 64.5 Å². The molecule has 1 aliphatic rings. The van der Waals surface area contributed by atoms with Crippen molar-refractivity contribution in [2.24, 2.45) is 0 Å². The molecule has 1 fully saturated rings. The van der Waals surface area contributed by atoms with Gasteiger partial charge in [0.15, 0.2) is 0 Å². The van der Waals surface area contributed by atoms with E-state index in [4.69, 9.17) is 4.74 Å². The van der Waals surface area contributed by atoms with Crippen LogP contribution in [0.3, 0.4) is 0 Å². The zero-order valence-corrected chi connectivity index (χ0v) is 9.92. The van der Waals surface area contributed by atoms with Gasteiger partial charge in [0.2, 0.25) is 0 Å². The molecule has 1 heterocycles. The summed E-state index contributed by atoms with van der Waals surface area (Å²) in [5.74, 6) is -0.0572. The van der Waals surface area contributed by atoms with Crippen LogP contribution in [-0.2, 0) is 9.53 Å². The van der Waals surface area contributed by atoms with Gasteiger partial charge in [-0.2, -0.15) is 0 Å². The smallest absolute Gasteiger partial charge is 0.305 e. The molecule has 1 aliphatic heterocycles. The minimum Gasteiger partial charge on any atom is -0.466 e. The van der Waals surface area contributed by atoms with E-state index in [2.05, 4.69) is 12.2 Å². The molecule has 0 aromatic rings. The molecular formula is C12H23NO2. The summed E-state index contributed by atoms with van der Waals surface area (Å²) in [6, 6.07) is 1.22. The van der Waals surface area contributed by atoms with Gasteiger partial charge >= 0.3 is 5.97 Å². The lowest BCUT2D eigenvalue weighted by Crippen LogP contribution is -2.29. The maximum Gasteiger partial charge on any atom is 0.305 e. The summed E-state index contributed by atoms with van der Waals surface area (Å²) in [5.41, 5.74) is 0. The van der Waals surface area contributed by atoms with Crippen molar-refractivity contribution in [1.29, 1.82) is 0 Å². The SMILES string of the molecule is CCC[C@@H]1CC[C@H](CCC(=O)OCC)N1. The van der Waals surface area contributed by atoms with E-state index in [9.17, 15) is 4.79 Å². The normalized spacial score (nSPS) is 25.5. The molecule has 0 amide bonds. The maximum absolute atomic E-state index is 11.2. The molecule has 0 unspecified atom stereocenters. The average Bonchev–Trinajstić information content (AvgIpc) is 2.64. The predicted octanol–water partition coefficient (Wildman–Crippen LogP) is 2.25. The van der Waals surface area contributed by atoms with Gasteiger partial charge in [0.25, 0.3) is 0 Å². The third kappa shape index (κ3) is 4.65. The van der Waals surface area contributed by atoms with Gasteiger partial charge in [0, 0.05) is 18.5 Å². The summed E-state index contributed by atoms with van der Waals surface area (Å²) < 4.78 is 4.91. The molecule has 0 radical (unpaired) electrons. The highest BCUT2D eigenvalue weighted by Crippen LogP contribution is 2.19. The zero-order chi connectivity index (χ0) is 11.1. The van der Waals surface area contributed by atoms with Crippen LogP contribution in [0.2, 0.25) is 0 Å². The molecule has 3 nitrogen and oxygen atoms in total. The van der Waals surface area contributed by atoms with E-state index < -0.39 is 0 Å². The van der Waals surface area contributed by atoms with Crippen LogP contribution in [0.5, 0.6) is 0 Å². The first-order chi connectivity index (χ1) is 7.26. The summed E-state index contributed by atoms with van der Waals surface area (Å²) in [6.07, 6.45) is 6.47. The Morgan fingerprint density at radius 1 is 1.27 bits per heavy atom. The van der Waals surface area contributed by atoms with E-state index >= 15 is 0 Å². The van der Waals surface area contributed by atoms with E-state index in [0.717, 1.165) is 6.42 Å². The quantitative estimate of drug-likeness (QED) is 0.688. The fraction of sp³-hybridized carbons (Fsp3) is 0.917. The van der Waals surface area contributed by atoms with Crippen LogP contribution in [-0.4, -0.2) is 24.7 Å². The van der Waals surface area contributed by atoms with Crippen molar-refractivity contribution < 1.29 is 9.53 Å². The minimum absolute atomic E-state index is 0.0572. The molecule has 0 aliphatic carbocycles. The van der Waals surface area contributed by atoms with Gasteiger partial charge in [0.1, 0.15) is 0 Å². The highest BCUT2D eigenvalue weighted by molar-refractivity contribution is 5.69. The van der Waals surface area contributed by atoms with Crippen molar-refractivity contribution in [2.75, 3.05) is 6.61 Å². The van der Waals surface area contributed by atoms with Gasteiger partial charge in [-0.05, 0) is 32.6 Å². The van der Waals surface area contributed by atoms with Crippen molar-refractivity contribution in [3.63, 3.8) is 0 Å². The predicted molar refractivity (Wildman–Crippen MR) is 60.7 cm³/mol. The molecule has 1 saturated heterocycles. The Balaban J connectivity index is 2.10. The first kappa shape index (κ1) is 12.5. The number of carbonyl (C=O) groups is 1. The van der Waals surface area contributed by atoms with Crippen molar-refractivity contribution in [3.8, 4) is 0 Å². The second-order valence-corrected chi connectivity index (χ2v) is 4.27. The van der Waals surface area contributed by atoms with E-state index in [1.165, 1.54) is 25.7 Å². The Morgan fingerprint density at radius 2 is 1.93 bits per heavy atom. The monoisotopic (exact) mass is 213 g/mol. The number of hydrogen-bond donors (Lipinski definition) is 1. The Bertz CT molecular complexity index is 194. The van der Waals surface area contributed by atoms with Crippen LogP contribution in [0.15, 0.2) is 0 Å². The summed E-state index contributed by atoms with van der Waals surface area (Å²) in [7, 11) is 0. The number of nitrogens with one attached hydrogen (secondary N) is 1. The molecule has 1 N–H and O–H groups in total. The number of rotatable bonds is 6. The summed E-state index contributed by atoms with van der Waals surface area (Å²) in [5, 5.41) is 3.58. The summed E-state index contributed by atoms with van der Waals surface area (Å²) >= 11 is 0. The standard InChI is InChI=1S/C12H23NO2/c1-3-5-10-6-7-11(13-10)8-9-12(14)15-4-2/h10-11,13H,3-9H2,1-2H3/t10-,11-/m1/s1. The molecule has 0 saturated carbocycles. The molecule has 3 heteroatoms. The summed E-state index contributed by atoms with van der Waals surface area (Å²) in [4.78, 5) is 11.2. The molecule has 0 spiro atoms. The highest BCUT2D eigenvalue weighted by Gasteiger charge is 2.23. The number of carbonyl (C=O) groups excluding carboxylic acids is 1. The zero-order valence-electron chi connectivity index (χ0n) is 9.92. The Morgan fingerprint density at radius 3 is 2.53 bits per heavy atom. The first-order valence-electron chi connectivity index (χ1n) is 6.18. The Hall–Kier alpha value is -0.570. The van der Waals surface area contributed by atoms with Gasteiger partial charge in [-0.25, -0.2) is 0 Å². The largest absolute Gasteiger partial charge is 0.466 e. The molecule has 15 heavy (non-hydrogen) atoms. The highest BCUT2D eigenvalue weighted by atomic mass is 16.5. The van der Waals surface area contributed by atoms with Crippen molar-refractivity contribution in [1.82, 2.24) is 5.32 Å². The van der Waals surface area contributed by atoms with Crippen LogP contribution in [0, 0.1) is 0 Å². The van der Waals surface area contributed by atoms with Crippen LogP contribution in [0.1, 0.15) is 52.4 Å². The fourth-order valence-electron chi connectivity index (χ4n) is 2.23. The van der Waals surface area contributed by atoms with Gasteiger partial charge in [-0.3, -0.25) is 4.79 Å². The van der Waals surface area contributed by atoms with E-state index in [-0.39, 0.29) is 5.97 Å². The average molecular weight is 213 g/mol. The second-order valence-electron chi connectivity index (χ2n) is 4.27. The van der Waals surface area contributed by atoms with E-state index in [1.54, 1.807) is 0 Å². The van der Waals surface area contributed by atoms with Crippen molar-refractivity contribution >= 4 is 5.97 Å². The van der Waals surface area contributed by atoms with Crippen LogP contribution in [0.4, 0.5) is 0 Å². The number of ether oxygens (including phenoxy) is 1. The topological polar surface area (TPSA) is 38.3 Å². The van der Waals surface area contributed by atoms with Crippen LogP contribution >= 0.6 is 0 Å². The number of esters is 1. The van der Waals surface area contributed by atoms with Gasteiger partial charge in [0.05, 0.1) is 6.61 Å². The van der Waals surface area contributed by atoms with Crippen LogP contribution in [0.25, 0.3) is 0 Å². The number of hydrogen-bond acceptors (Lipinski definition) is 3. The third-order valence-corrected chi connectivity index (χ3v) is 2.97. The molecule has 88 valence electrons. The lowest BCUT2D eigenvalue weighted by Gasteiger charge is -2.13. The molecule has 1 rings (SSSR count). The maximum atomic E-state index is 11.2. The van der Waals surface area contributed by atoms with E-state index in [1.807, 2.05) is 6.92 Å². The van der Waals surface area contributed by atoms with Gasteiger partial charge in [-0.15, -0.1) is 0 Å². The molecule has 0 bridgehead atoms. The molecule has 0 aromatic heterocycles. The second kappa shape index (κ2) is 6.83. The van der Waals surface area contributed by atoms with Crippen LogP contribution < -0.4 is 5.32 Å². The molecular weight excluding hydrogens is 190 g/mol. The summed E-state index contributed by atoms with van der Waals surface area (Å²) in [6.45, 7) is 4.56. The fourth-order valence-corrected chi connectivity index (χ4v) is 2.23. The van der Waals surface area contributed by atoms with E-state index in [0.29, 0.717) is 25.1 Å².